The standard InChI is InChI=1S/C17H24N2O4/c1-22-13-11-19-8-3-5-17(16(19)21)6-9-18(10-7-17)15(20)14-4-2-12-23-14/h2,4,12H,3,5-11,13H2,1H3. The zero-order chi connectivity index (χ0) is 16.3. The number of amides is 2. The van der Waals surface area contributed by atoms with Crippen molar-refractivity contribution in [3.8, 4) is 0 Å². The summed E-state index contributed by atoms with van der Waals surface area (Å²) in [4.78, 5) is 28.9. The van der Waals surface area contributed by atoms with Crippen LogP contribution in [0.5, 0.6) is 0 Å². The smallest absolute Gasteiger partial charge is 0.289 e. The van der Waals surface area contributed by atoms with Crippen molar-refractivity contribution in [1.29, 1.82) is 0 Å². The first kappa shape index (κ1) is 16.1. The zero-order valence-corrected chi connectivity index (χ0v) is 13.6. The average Bonchev–Trinajstić information content (AvgIpc) is 3.11. The molecule has 0 saturated carbocycles. The molecular formula is C17H24N2O4. The SMILES string of the molecule is COCCN1CCCC2(CCN(C(=O)c3ccco3)CC2)C1=O. The normalized spacial score (nSPS) is 21.0. The van der Waals surface area contributed by atoms with E-state index in [1.54, 1.807) is 24.1 Å². The topological polar surface area (TPSA) is 63.0 Å². The van der Waals surface area contributed by atoms with Gasteiger partial charge >= 0.3 is 0 Å². The van der Waals surface area contributed by atoms with Crippen molar-refractivity contribution >= 4 is 11.8 Å². The lowest BCUT2D eigenvalue weighted by molar-refractivity contribution is -0.150. The molecule has 2 fully saturated rings. The van der Waals surface area contributed by atoms with Crippen molar-refractivity contribution in [2.75, 3.05) is 39.9 Å². The second-order valence-corrected chi connectivity index (χ2v) is 6.44. The summed E-state index contributed by atoms with van der Waals surface area (Å²) in [5.41, 5.74) is -0.286. The summed E-state index contributed by atoms with van der Waals surface area (Å²) in [6.07, 6.45) is 4.94. The number of carbonyl (C=O) groups is 2. The maximum Gasteiger partial charge on any atom is 0.289 e. The summed E-state index contributed by atoms with van der Waals surface area (Å²) in [5.74, 6) is 0.535. The first-order chi connectivity index (χ1) is 11.2. The van der Waals surface area contributed by atoms with E-state index in [-0.39, 0.29) is 17.2 Å². The average molecular weight is 320 g/mol. The van der Waals surface area contributed by atoms with E-state index in [1.807, 2.05) is 4.90 Å². The third-order valence-electron chi connectivity index (χ3n) is 5.13. The van der Waals surface area contributed by atoms with E-state index >= 15 is 0 Å². The lowest BCUT2D eigenvalue weighted by Crippen LogP contribution is -2.54. The molecule has 1 spiro atoms. The van der Waals surface area contributed by atoms with Crippen molar-refractivity contribution in [3.63, 3.8) is 0 Å². The highest BCUT2D eigenvalue weighted by atomic mass is 16.5. The Hall–Kier alpha value is -1.82. The highest BCUT2D eigenvalue weighted by Crippen LogP contribution is 2.41. The minimum Gasteiger partial charge on any atom is -0.459 e. The second-order valence-electron chi connectivity index (χ2n) is 6.44. The molecule has 2 aliphatic heterocycles. The zero-order valence-electron chi connectivity index (χ0n) is 13.6. The number of piperidine rings is 2. The first-order valence-corrected chi connectivity index (χ1v) is 8.27. The quantitative estimate of drug-likeness (QED) is 0.848. The molecule has 1 aromatic heterocycles. The van der Waals surface area contributed by atoms with Crippen LogP contribution in [0.15, 0.2) is 22.8 Å². The molecule has 0 radical (unpaired) electrons. The van der Waals surface area contributed by atoms with E-state index in [0.717, 1.165) is 32.2 Å². The van der Waals surface area contributed by atoms with Gasteiger partial charge in [-0.2, -0.15) is 0 Å². The van der Waals surface area contributed by atoms with E-state index < -0.39 is 0 Å². The summed E-state index contributed by atoms with van der Waals surface area (Å²) in [6.45, 7) is 3.28. The van der Waals surface area contributed by atoms with Gasteiger partial charge in [-0.1, -0.05) is 0 Å². The van der Waals surface area contributed by atoms with Crippen LogP contribution in [0.1, 0.15) is 36.2 Å². The van der Waals surface area contributed by atoms with Crippen molar-refractivity contribution < 1.29 is 18.7 Å². The fourth-order valence-electron chi connectivity index (χ4n) is 3.72. The lowest BCUT2D eigenvalue weighted by Gasteiger charge is -2.46. The molecule has 2 amide bonds. The van der Waals surface area contributed by atoms with Crippen LogP contribution in [-0.4, -0.2) is 61.5 Å². The Morgan fingerprint density at radius 1 is 1.30 bits per heavy atom. The van der Waals surface area contributed by atoms with Crippen LogP contribution >= 0.6 is 0 Å². The fourth-order valence-corrected chi connectivity index (χ4v) is 3.72. The molecule has 23 heavy (non-hydrogen) atoms. The van der Waals surface area contributed by atoms with E-state index in [2.05, 4.69) is 0 Å². The summed E-state index contributed by atoms with van der Waals surface area (Å²) < 4.78 is 10.3. The Morgan fingerprint density at radius 3 is 2.74 bits per heavy atom. The van der Waals surface area contributed by atoms with Gasteiger partial charge in [0.1, 0.15) is 0 Å². The molecule has 2 saturated heterocycles. The van der Waals surface area contributed by atoms with E-state index in [4.69, 9.17) is 9.15 Å². The van der Waals surface area contributed by atoms with Gasteiger partial charge in [0.25, 0.3) is 5.91 Å². The van der Waals surface area contributed by atoms with Gasteiger partial charge < -0.3 is 19.0 Å². The monoisotopic (exact) mass is 320 g/mol. The maximum atomic E-state index is 12.9. The molecule has 0 unspecified atom stereocenters. The van der Waals surface area contributed by atoms with Crippen molar-refractivity contribution in [2.45, 2.75) is 25.7 Å². The predicted molar refractivity (Wildman–Crippen MR) is 84.0 cm³/mol. The van der Waals surface area contributed by atoms with Gasteiger partial charge in [0, 0.05) is 33.3 Å². The Morgan fingerprint density at radius 2 is 2.09 bits per heavy atom. The lowest BCUT2D eigenvalue weighted by atomic mass is 9.71. The third-order valence-corrected chi connectivity index (χ3v) is 5.13. The molecule has 6 heteroatoms. The Labute approximate surface area is 136 Å². The first-order valence-electron chi connectivity index (χ1n) is 8.27. The molecule has 0 N–H and O–H groups in total. The molecule has 0 atom stereocenters. The number of ether oxygens (including phenoxy) is 1. The number of rotatable bonds is 4. The predicted octanol–water partition coefficient (Wildman–Crippen LogP) is 1.77. The van der Waals surface area contributed by atoms with E-state index in [0.29, 0.717) is 32.0 Å². The Balaban J connectivity index is 1.62. The number of furan rings is 1. The molecule has 0 aliphatic carbocycles. The molecular weight excluding hydrogens is 296 g/mol. The highest BCUT2D eigenvalue weighted by Gasteiger charge is 2.46. The number of hydrogen-bond donors (Lipinski definition) is 0. The van der Waals surface area contributed by atoms with Crippen LogP contribution < -0.4 is 0 Å². The van der Waals surface area contributed by atoms with Gasteiger partial charge in [-0.3, -0.25) is 9.59 Å². The fraction of sp³-hybridized carbons (Fsp3) is 0.647. The van der Waals surface area contributed by atoms with Gasteiger partial charge in [0.05, 0.1) is 18.3 Å². The highest BCUT2D eigenvalue weighted by molar-refractivity contribution is 5.92. The molecule has 0 bridgehead atoms. The summed E-state index contributed by atoms with van der Waals surface area (Å²) in [5, 5.41) is 0. The number of likely N-dealkylation sites (tertiary alicyclic amines) is 2. The molecule has 6 nitrogen and oxygen atoms in total. The van der Waals surface area contributed by atoms with Crippen molar-refractivity contribution in [3.05, 3.63) is 24.2 Å². The van der Waals surface area contributed by atoms with Gasteiger partial charge in [0.15, 0.2) is 5.76 Å². The van der Waals surface area contributed by atoms with Crippen LogP contribution in [0.2, 0.25) is 0 Å². The largest absolute Gasteiger partial charge is 0.459 e. The number of carbonyl (C=O) groups excluding carboxylic acids is 2. The van der Waals surface area contributed by atoms with Crippen molar-refractivity contribution in [2.24, 2.45) is 5.41 Å². The maximum absolute atomic E-state index is 12.9. The van der Waals surface area contributed by atoms with Crippen LogP contribution in [0.4, 0.5) is 0 Å². The minimum atomic E-state index is -0.286. The van der Waals surface area contributed by atoms with Crippen LogP contribution in [-0.2, 0) is 9.53 Å². The minimum absolute atomic E-state index is 0.0793. The van der Waals surface area contributed by atoms with Crippen LogP contribution in [0.25, 0.3) is 0 Å². The summed E-state index contributed by atoms with van der Waals surface area (Å²) in [6, 6.07) is 3.40. The Kier molecular flexibility index (Phi) is 4.71. The van der Waals surface area contributed by atoms with Gasteiger partial charge in [-0.25, -0.2) is 0 Å². The van der Waals surface area contributed by atoms with Gasteiger partial charge in [-0.15, -0.1) is 0 Å². The summed E-state index contributed by atoms with van der Waals surface area (Å²) in [7, 11) is 1.66. The number of nitrogens with zero attached hydrogens (tertiary/aromatic N) is 2. The van der Waals surface area contributed by atoms with E-state index in [1.165, 1.54) is 6.26 Å². The number of hydrogen-bond acceptors (Lipinski definition) is 4. The van der Waals surface area contributed by atoms with E-state index in [9.17, 15) is 9.59 Å². The second kappa shape index (κ2) is 6.74. The molecule has 126 valence electrons. The molecule has 1 aromatic rings. The number of methoxy groups -OCH3 is 1. The Bertz CT molecular complexity index is 547. The van der Waals surface area contributed by atoms with Crippen molar-refractivity contribution in [1.82, 2.24) is 9.80 Å². The summed E-state index contributed by atoms with van der Waals surface area (Å²) >= 11 is 0. The molecule has 0 aromatic carbocycles. The molecule has 2 aliphatic rings. The van der Waals surface area contributed by atoms with Crippen LogP contribution in [0.3, 0.4) is 0 Å². The van der Waals surface area contributed by atoms with Gasteiger partial charge in [-0.05, 0) is 37.8 Å². The molecule has 3 heterocycles. The third kappa shape index (κ3) is 3.13. The van der Waals surface area contributed by atoms with Crippen LogP contribution in [0, 0.1) is 5.41 Å². The van der Waals surface area contributed by atoms with Gasteiger partial charge in [0.2, 0.25) is 5.91 Å². The molecule has 3 rings (SSSR count).